The molecule has 3 heteroatoms. The van der Waals surface area contributed by atoms with Gasteiger partial charge in [-0.3, -0.25) is 9.69 Å². The number of Topliss-reactive ketones (excluding diaryl/α,β-unsaturated/α-hetero) is 1. The van der Waals surface area contributed by atoms with Gasteiger partial charge in [-0.1, -0.05) is 44.0 Å². The van der Waals surface area contributed by atoms with Crippen LogP contribution in [-0.2, 0) is 0 Å². The fraction of sp³-hybridized carbons (Fsp3) is 0.588. The van der Waals surface area contributed by atoms with Crippen molar-refractivity contribution >= 4 is 17.4 Å². The summed E-state index contributed by atoms with van der Waals surface area (Å²) in [5.41, 5.74) is 1.17. The highest BCUT2D eigenvalue weighted by molar-refractivity contribution is 6.31. The van der Waals surface area contributed by atoms with E-state index in [1.807, 2.05) is 19.1 Å². The van der Waals surface area contributed by atoms with E-state index in [4.69, 9.17) is 11.6 Å². The fourth-order valence-electron chi connectivity index (χ4n) is 2.85. The summed E-state index contributed by atoms with van der Waals surface area (Å²) < 4.78 is 0. The SMILES string of the molecule is CCC1(C)CCN(C(C)C(=O)c2cccc(Cl)c2)CC1. The molecule has 2 nitrogen and oxygen atoms in total. The first-order chi connectivity index (χ1) is 9.45. The highest BCUT2D eigenvalue weighted by atomic mass is 35.5. The monoisotopic (exact) mass is 293 g/mol. The van der Waals surface area contributed by atoms with Crippen LogP contribution in [0, 0.1) is 5.41 Å². The summed E-state index contributed by atoms with van der Waals surface area (Å²) in [4.78, 5) is 14.8. The Balaban J connectivity index is 2.02. The van der Waals surface area contributed by atoms with Gasteiger partial charge >= 0.3 is 0 Å². The van der Waals surface area contributed by atoms with E-state index in [1.165, 1.54) is 19.3 Å². The zero-order chi connectivity index (χ0) is 14.8. The third-order valence-corrected chi connectivity index (χ3v) is 5.13. The summed E-state index contributed by atoms with van der Waals surface area (Å²) in [6.07, 6.45) is 3.57. The average Bonchev–Trinajstić information content (AvgIpc) is 2.46. The normalized spacial score (nSPS) is 20.6. The molecule has 0 aromatic heterocycles. The zero-order valence-electron chi connectivity index (χ0n) is 12.7. The molecule has 1 aromatic carbocycles. The van der Waals surface area contributed by atoms with Gasteiger partial charge in [-0.2, -0.15) is 0 Å². The maximum absolute atomic E-state index is 12.5. The van der Waals surface area contributed by atoms with Crippen molar-refractivity contribution in [1.82, 2.24) is 4.90 Å². The minimum absolute atomic E-state index is 0.0603. The number of likely N-dealkylation sites (tertiary alicyclic amines) is 1. The molecule has 1 atom stereocenters. The molecule has 1 aliphatic rings. The van der Waals surface area contributed by atoms with Crippen LogP contribution in [0.15, 0.2) is 24.3 Å². The summed E-state index contributed by atoms with van der Waals surface area (Å²) in [6, 6.07) is 7.20. The highest BCUT2D eigenvalue weighted by Crippen LogP contribution is 2.34. The van der Waals surface area contributed by atoms with E-state index >= 15 is 0 Å². The Labute approximate surface area is 127 Å². The molecule has 1 saturated heterocycles. The predicted octanol–water partition coefficient (Wildman–Crippen LogP) is 4.42. The largest absolute Gasteiger partial charge is 0.293 e. The molecule has 1 aliphatic heterocycles. The standard InChI is InChI=1S/C17H24ClNO/c1-4-17(3)8-10-19(11-9-17)13(2)16(20)14-6-5-7-15(18)12-14/h5-7,12-13H,4,8-11H2,1-3H3. The second kappa shape index (κ2) is 6.28. The molecule has 0 spiro atoms. The lowest BCUT2D eigenvalue weighted by Gasteiger charge is -2.41. The predicted molar refractivity (Wildman–Crippen MR) is 84.4 cm³/mol. The van der Waals surface area contributed by atoms with Gasteiger partial charge in [-0.15, -0.1) is 0 Å². The van der Waals surface area contributed by atoms with Gasteiger partial charge in [-0.05, 0) is 50.4 Å². The van der Waals surface area contributed by atoms with Gasteiger partial charge in [0, 0.05) is 10.6 Å². The molecule has 0 radical (unpaired) electrons. The third kappa shape index (κ3) is 3.42. The van der Waals surface area contributed by atoms with Crippen LogP contribution in [0.2, 0.25) is 5.02 Å². The second-order valence-electron chi connectivity index (χ2n) is 6.25. The molecule has 1 fully saturated rings. The Morgan fingerprint density at radius 2 is 2.05 bits per heavy atom. The number of hydrogen-bond donors (Lipinski definition) is 0. The van der Waals surface area contributed by atoms with Crippen LogP contribution in [0.3, 0.4) is 0 Å². The van der Waals surface area contributed by atoms with Crippen LogP contribution >= 0.6 is 11.6 Å². The number of halogens is 1. The molecule has 2 rings (SSSR count). The van der Waals surface area contributed by atoms with Crippen LogP contribution in [0.25, 0.3) is 0 Å². The number of carbonyl (C=O) groups excluding carboxylic acids is 1. The summed E-state index contributed by atoms with van der Waals surface area (Å²) in [7, 11) is 0. The molecule has 0 bridgehead atoms. The summed E-state index contributed by atoms with van der Waals surface area (Å²) >= 11 is 5.97. The number of rotatable bonds is 4. The molecule has 1 aromatic rings. The van der Waals surface area contributed by atoms with E-state index in [9.17, 15) is 4.79 Å². The summed E-state index contributed by atoms with van der Waals surface area (Å²) in [5.74, 6) is 0.174. The van der Waals surface area contributed by atoms with E-state index in [0.717, 1.165) is 13.1 Å². The van der Waals surface area contributed by atoms with Crippen molar-refractivity contribution < 1.29 is 4.79 Å². The Morgan fingerprint density at radius 3 is 2.60 bits per heavy atom. The van der Waals surface area contributed by atoms with E-state index in [1.54, 1.807) is 12.1 Å². The molecule has 1 unspecified atom stereocenters. The lowest BCUT2D eigenvalue weighted by Crippen LogP contribution is -2.46. The van der Waals surface area contributed by atoms with Crippen molar-refractivity contribution in [1.29, 1.82) is 0 Å². The maximum Gasteiger partial charge on any atom is 0.179 e. The van der Waals surface area contributed by atoms with Gasteiger partial charge in [0.05, 0.1) is 6.04 Å². The van der Waals surface area contributed by atoms with Gasteiger partial charge in [0.1, 0.15) is 0 Å². The Hall–Kier alpha value is -0.860. The fourth-order valence-corrected chi connectivity index (χ4v) is 3.04. The van der Waals surface area contributed by atoms with Gasteiger partial charge in [-0.25, -0.2) is 0 Å². The van der Waals surface area contributed by atoms with Crippen molar-refractivity contribution in [2.75, 3.05) is 13.1 Å². The number of ketones is 1. The molecular formula is C17H24ClNO. The summed E-state index contributed by atoms with van der Waals surface area (Å²) in [5, 5.41) is 0.625. The van der Waals surface area contributed by atoms with E-state index < -0.39 is 0 Å². The molecule has 0 amide bonds. The molecule has 110 valence electrons. The maximum atomic E-state index is 12.5. The summed E-state index contributed by atoms with van der Waals surface area (Å²) in [6.45, 7) is 8.65. The highest BCUT2D eigenvalue weighted by Gasteiger charge is 2.32. The minimum Gasteiger partial charge on any atom is -0.293 e. The lowest BCUT2D eigenvalue weighted by atomic mass is 9.78. The molecule has 0 aliphatic carbocycles. The quantitative estimate of drug-likeness (QED) is 0.766. The molecular weight excluding hydrogens is 270 g/mol. The third-order valence-electron chi connectivity index (χ3n) is 4.89. The van der Waals surface area contributed by atoms with Crippen molar-refractivity contribution in [3.8, 4) is 0 Å². The van der Waals surface area contributed by atoms with Crippen LogP contribution in [-0.4, -0.2) is 29.8 Å². The van der Waals surface area contributed by atoms with Crippen LogP contribution in [0.4, 0.5) is 0 Å². The second-order valence-corrected chi connectivity index (χ2v) is 6.69. The number of carbonyl (C=O) groups is 1. The van der Waals surface area contributed by atoms with E-state index in [2.05, 4.69) is 18.7 Å². The van der Waals surface area contributed by atoms with Crippen LogP contribution in [0.5, 0.6) is 0 Å². The van der Waals surface area contributed by atoms with Crippen molar-refractivity contribution in [2.45, 2.75) is 46.1 Å². The Bertz CT molecular complexity index is 478. The zero-order valence-corrected chi connectivity index (χ0v) is 13.4. The number of benzene rings is 1. The Kier molecular flexibility index (Phi) is 4.87. The first kappa shape index (κ1) is 15.5. The minimum atomic E-state index is -0.0603. The van der Waals surface area contributed by atoms with Crippen molar-refractivity contribution in [3.05, 3.63) is 34.9 Å². The molecule has 0 N–H and O–H groups in total. The smallest absolute Gasteiger partial charge is 0.179 e. The molecule has 1 heterocycles. The van der Waals surface area contributed by atoms with Crippen molar-refractivity contribution in [3.63, 3.8) is 0 Å². The first-order valence-corrected chi connectivity index (χ1v) is 7.87. The first-order valence-electron chi connectivity index (χ1n) is 7.49. The van der Waals surface area contributed by atoms with E-state index in [-0.39, 0.29) is 11.8 Å². The van der Waals surface area contributed by atoms with Gasteiger partial charge in [0.2, 0.25) is 0 Å². The molecule has 0 saturated carbocycles. The Morgan fingerprint density at radius 1 is 1.40 bits per heavy atom. The number of piperidine rings is 1. The van der Waals surface area contributed by atoms with E-state index in [0.29, 0.717) is 16.0 Å². The average molecular weight is 294 g/mol. The van der Waals surface area contributed by atoms with Gasteiger partial charge in [0.25, 0.3) is 0 Å². The lowest BCUT2D eigenvalue weighted by molar-refractivity contribution is 0.0642. The number of nitrogens with zero attached hydrogens (tertiary/aromatic N) is 1. The number of hydrogen-bond acceptors (Lipinski definition) is 2. The van der Waals surface area contributed by atoms with Gasteiger partial charge < -0.3 is 0 Å². The van der Waals surface area contributed by atoms with Crippen LogP contribution < -0.4 is 0 Å². The van der Waals surface area contributed by atoms with Crippen molar-refractivity contribution in [2.24, 2.45) is 5.41 Å². The van der Waals surface area contributed by atoms with Gasteiger partial charge in [0.15, 0.2) is 5.78 Å². The van der Waals surface area contributed by atoms with Crippen LogP contribution in [0.1, 0.15) is 50.4 Å². The molecule has 20 heavy (non-hydrogen) atoms. The topological polar surface area (TPSA) is 20.3 Å².